The van der Waals surface area contributed by atoms with Gasteiger partial charge in [-0.25, -0.2) is 9.97 Å². The Hall–Kier alpha value is -1.72. The molecule has 4 rings (SSSR count). The molecule has 1 atom stereocenters. The zero-order valence-electron chi connectivity index (χ0n) is 11.4. The highest BCUT2D eigenvalue weighted by Crippen LogP contribution is 2.31. The summed E-state index contributed by atoms with van der Waals surface area (Å²) < 4.78 is 2.24. The molecule has 1 aliphatic heterocycles. The van der Waals surface area contributed by atoms with Gasteiger partial charge in [0, 0.05) is 18.7 Å². The van der Waals surface area contributed by atoms with E-state index in [0.717, 1.165) is 30.1 Å². The zero-order valence-corrected chi connectivity index (χ0v) is 12.2. The second kappa shape index (κ2) is 4.68. The Balaban J connectivity index is 1.93. The number of thiophene rings is 1. The van der Waals surface area contributed by atoms with Gasteiger partial charge in [0.2, 0.25) is 0 Å². The van der Waals surface area contributed by atoms with Gasteiger partial charge in [-0.15, -0.1) is 11.3 Å². The van der Waals surface area contributed by atoms with Crippen molar-refractivity contribution in [3.05, 3.63) is 41.7 Å². The van der Waals surface area contributed by atoms with Crippen LogP contribution in [0.25, 0.3) is 16.2 Å². The first kappa shape index (κ1) is 12.1. The first-order valence-corrected chi connectivity index (χ1v) is 7.76. The van der Waals surface area contributed by atoms with E-state index < -0.39 is 0 Å². The van der Waals surface area contributed by atoms with E-state index in [2.05, 4.69) is 45.1 Å². The summed E-state index contributed by atoms with van der Waals surface area (Å²) in [6.45, 7) is 2.22. The van der Waals surface area contributed by atoms with Crippen molar-refractivity contribution in [1.29, 1.82) is 0 Å². The minimum Gasteiger partial charge on any atom is -0.306 e. The normalized spacial score (nSPS) is 19.9. The Morgan fingerprint density at radius 1 is 1.30 bits per heavy atom. The molecule has 1 unspecified atom stereocenters. The topological polar surface area (TPSA) is 34.0 Å². The lowest BCUT2D eigenvalue weighted by molar-refractivity contribution is 0.409. The van der Waals surface area contributed by atoms with Gasteiger partial charge in [0.25, 0.3) is 0 Å². The van der Waals surface area contributed by atoms with Crippen molar-refractivity contribution in [2.24, 2.45) is 0 Å². The first-order chi connectivity index (χ1) is 9.83. The lowest BCUT2D eigenvalue weighted by Gasteiger charge is -2.12. The molecule has 0 radical (unpaired) electrons. The second-order valence-electron chi connectivity index (χ2n) is 5.35. The smallest absolute Gasteiger partial charge is 0.165 e. The zero-order chi connectivity index (χ0) is 13.5. The third-order valence-electron chi connectivity index (χ3n) is 3.93. The highest BCUT2D eigenvalue weighted by Gasteiger charge is 2.27. The molecule has 0 aromatic carbocycles. The van der Waals surface area contributed by atoms with Crippen LogP contribution in [0.4, 0.5) is 0 Å². The summed E-state index contributed by atoms with van der Waals surface area (Å²) >= 11 is 1.74. The maximum Gasteiger partial charge on any atom is 0.165 e. The van der Waals surface area contributed by atoms with Crippen LogP contribution >= 0.6 is 11.3 Å². The van der Waals surface area contributed by atoms with E-state index in [1.165, 1.54) is 11.4 Å². The molecule has 3 aromatic rings. The van der Waals surface area contributed by atoms with Crippen LogP contribution in [-0.4, -0.2) is 39.6 Å². The number of fused-ring (bicyclic) bond motifs is 1. The molecule has 102 valence electrons. The fourth-order valence-electron chi connectivity index (χ4n) is 2.96. The molecule has 0 amide bonds. The van der Waals surface area contributed by atoms with Gasteiger partial charge < -0.3 is 4.90 Å². The van der Waals surface area contributed by atoms with E-state index in [1.807, 2.05) is 12.3 Å². The Morgan fingerprint density at radius 3 is 3.00 bits per heavy atom. The van der Waals surface area contributed by atoms with Crippen molar-refractivity contribution in [3.8, 4) is 5.00 Å². The van der Waals surface area contributed by atoms with Crippen LogP contribution in [0.1, 0.15) is 18.2 Å². The highest BCUT2D eigenvalue weighted by molar-refractivity contribution is 7.12. The second-order valence-corrected chi connectivity index (χ2v) is 6.28. The average molecular weight is 284 g/mol. The van der Waals surface area contributed by atoms with E-state index in [4.69, 9.17) is 4.98 Å². The molecule has 1 saturated heterocycles. The molecule has 0 bridgehead atoms. The Labute approximate surface area is 121 Å². The molecule has 1 aliphatic rings. The third kappa shape index (κ3) is 1.85. The third-order valence-corrected chi connectivity index (χ3v) is 4.78. The van der Waals surface area contributed by atoms with Gasteiger partial charge in [-0.1, -0.05) is 0 Å². The lowest BCUT2D eigenvalue weighted by Crippen LogP contribution is -2.15. The van der Waals surface area contributed by atoms with E-state index >= 15 is 0 Å². The number of hydrogen-bond donors (Lipinski definition) is 0. The maximum absolute atomic E-state index is 4.87. The molecule has 0 spiro atoms. The van der Waals surface area contributed by atoms with Crippen molar-refractivity contribution < 1.29 is 0 Å². The monoisotopic (exact) mass is 284 g/mol. The number of imidazole rings is 1. The lowest BCUT2D eigenvalue weighted by atomic mass is 10.1. The molecular formula is C15H16N4S. The molecule has 1 fully saturated rings. The summed E-state index contributed by atoms with van der Waals surface area (Å²) in [5.74, 6) is 1.65. The minimum atomic E-state index is 0.497. The Bertz CT molecular complexity index is 732. The predicted molar refractivity (Wildman–Crippen MR) is 81.6 cm³/mol. The van der Waals surface area contributed by atoms with Crippen molar-refractivity contribution in [2.45, 2.75) is 12.3 Å². The van der Waals surface area contributed by atoms with Crippen molar-refractivity contribution in [3.63, 3.8) is 0 Å². The van der Waals surface area contributed by atoms with Crippen LogP contribution in [0.2, 0.25) is 0 Å². The van der Waals surface area contributed by atoms with Gasteiger partial charge in [-0.05, 0) is 49.7 Å². The standard InChI is InChI=1S/C15H16N4S/c1-18-8-6-11(10-18)14-17-12-4-2-7-16-15(12)19(14)13-5-3-9-20-13/h2-5,7,9,11H,6,8,10H2,1H3. The molecule has 0 saturated carbocycles. The van der Waals surface area contributed by atoms with Crippen molar-refractivity contribution in [1.82, 2.24) is 19.4 Å². The SMILES string of the molecule is CN1CCC(c2nc3cccnc3n2-c2cccs2)C1. The molecule has 4 nitrogen and oxygen atoms in total. The van der Waals surface area contributed by atoms with Crippen LogP contribution < -0.4 is 0 Å². The van der Waals surface area contributed by atoms with Gasteiger partial charge in [0.05, 0.1) is 0 Å². The van der Waals surface area contributed by atoms with Crippen LogP contribution in [0, 0.1) is 0 Å². The molecular weight excluding hydrogens is 268 g/mol. The van der Waals surface area contributed by atoms with Crippen LogP contribution in [0.15, 0.2) is 35.8 Å². The highest BCUT2D eigenvalue weighted by atomic mass is 32.1. The van der Waals surface area contributed by atoms with E-state index in [0.29, 0.717) is 5.92 Å². The number of nitrogens with zero attached hydrogens (tertiary/aromatic N) is 4. The minimum absolute atomic E-state index is 0.497. The Morgan fingerprint density at radius 2 is 2.25 bits per heavy atom. The van der Waals surface area contributed by atoms with E-state index in [9.17, 15) is 0 Å². The summed E-state index contributed by atoms with van der Waals surface area (Å²) in [6.07, 6.45) is 3.02. The van der Waals surface area contributed by atoms with E-state index in [-0.39, 0.29) is 0 Å². The largest absolute Gasteiger partial charge is 0.306 e. The summed E-state index contributed by atoms with van der Waals surface area (Å²) in [6, 6.07) is 8.23. The quantitative estimate of drug-likeness (QED) is 0.725. The van der Waals surface area contributed by atoms with Gasteiger partial charge in [-0.2, -0.15) is 0 Å². The van der Waals surface area contributed by atoms with Crippen LogP contribution in [-0.2, 0) is 0 Å². The number of likely N-dealkylation sites (N-methyl/N-ethyl adjacent to an activating group) is 1. The molecule has 0 N–H and O–H groups in total. The van der Waals surface area contributed by atoms with Crippen molar-refractivity contribution >= 4 is 22.5 Å². The van der Waals surface area contributed by atoms with Gasteiger partial charge >= 0.3 is 0 Å². The maximum atomic E-state index is 4.87. The van der Waals surface area contributed by atoms with Crippen LogP contribution in [0.3, 0.4) is 0 Å². The number of rotatable bonds is 2. The fraction of sp³-hybridized carbons (Fsp3) is 0.333. The number of pyridine rings is 1. The predicted octanol–water partition coefficient (Wildman–Crippen LogP) is 2.90. The molecule has 5 heteroatoms. The molecule has 3 aromatic heterocycles. The fourth-order valence-corrected chi connectivity index (χ4v) is 3.70. The summed E-state index contributed by atoms with van der Waals surface area (Å²) in [5, 5.41) is 3.31. The molecule has 4 heterocycles. The Kier molecular flexibility index (Phi) is 2.82. The van der Waals surface area contributed by atoms with E-state index in [1.54, 1.807) is 11.3 Å². The summed E-state index contributed by atoms with van der Waals surface area (Å²) in [4.78, 5) is 11.8. The van der Waals surface area contributed by atoms with Gasteiger partial charge in [0.1, 0.15) is 16.3 Å². The van der Waals surface area contributed by atoms with Crippen molar-refractivity contribution in [2.75, 3.05) is 20.1 Å². The average Bonchev–Trinajstić information content (AvgIpc) is 3.15. The van der Waals surface area contributed by atoms with Crippen LogP contribution in [0.5, 0.6) is 0 Å². The summed E-state index contributed by atoms with van der Waals surface area (Å²) in [5.41, 5.74) is 1.96. The number of aromatic nitrogens is 3. The number of likely N-dealkylation sites (tertiary alicyclic amines) is 1. The number of hydrogen-bond acceptors (Lipinski definition) is 4. The first-order valence-electron chi connectivity index (χ1n) is 6.89. The summed E-state index contributed by atoms with van der Waals surface area (Å²) in [7, 11) is 2.18. The molecule has 20 heavy (non-hydrogen) atoms. The van der Waals surface area contributed by atoms with Gasteiger partial charge in [0.15, 0.2) is 5.65 Å². The van der Waals surface area contributed by atoms with Gasteiger partial charge in [-0.3, -0.25) is 4.57 Å². The molecule has 0 aliphatic carbocycles.